The quantitative estimate of drug-likeness (QED) is 0.783. The zero-order valence-corrected chi connectivity index (χ0v) is 11.0. The fraction of sp³-hybridized carbons (Fsp3) is 0.692. The number of hydrogen-bond donors (Lipinski definition) is 1. The van der Waals surface area contributed by atoms with Gasteiger partial charge in [-0.05, 0) is 32.1 Å². The Hall–Kier alpha value is -0.840. The van der Waals surface area contributed by atoms with E-state index in [1.165, 1.54) is 0 Å². The van der Waals surface area contributed by atoms with Crippen molar-refractivity contribution in [2.24, 2.45) is 0 Å². The van der Waals surface area contributed by atoms with E-state index in [2.05, 4.69) is 9.97 Å². The standard InChI is InChI=1S/C13H16F2N2S/c14-13(15)6-5-8(7-13)11-16-10-4-2-1-3-9(10)12(18)17-11/h8H,1-7H2,(H,16,17,18). The molecule has 0 spiro atoms. The Bertz CT molecular complexity index is 524. The highest BCUT2D eigenvalue weighted by Crippen LogP contribution is 2.43. The molecule has 1 heterocycles. The summed E-state index contributed by atoms with van der Waals surface area (Å²) in [6.07, 6.45) is 4.61. The molecule has 5 heteroatoms. The molecule has 0 radical (unpaired) electrons. The molecule has 1 atom stereocenters. The first-order valence-corrected chi connectivity index (χ1v) is 6.96. The average Bonchev–Trinajstić information content (AvgIpc) is 2.70. The van der Waals surface area contributed by atoms with Crippen molar-refractivity contribution in [2.45, 2.75) is 56.8 Å². The van der Waals surface area contributed by atoms with Gasteiger partial charge in [-0.3, -0.25) is 0 Å². The van der Waals surface area contributed by atoms with Gasteiger partial charge in [0.25, 0.3) is 0 Å². The normalized spacial score (nSPS) is 26.0. The van der Waals surface area contributed by atoms with E-state index in [0.717, 1.165) is 36.9 Å². The molecule has 2 aliphatic rings. The molecule has 1 aromatic heterocycles. The molecule has 2 aliphatic carbocycles. The van der Waals surface area contributed by atoms with E-state index in [0.29, 0.717) is 16.9 Å². The lowest BCUT2D eigenvalue weighted by Crippen LogP contribution is -2.14. The van der Waals surface area contributed by atoms with Crippen LogP contribution in [0.4, 0.5) is 8.78 Å². The largest absolute Gasteiger partial charge is 0.347 e. The number of alkyl halides is 2. The monoisotopic (exact) mass is 270 g/mol. The maximum Gasteiger partial charge on any atom is 0.248 e. The summed E-state index contributed by atoms with van der Waals surface area (Å²) in [6, 6.07) is 0. The number of nitrogens with one attached hydrogen (secondary N) is 1. The van der Waals surface area contributed by atoms with E-state index in [4.69, 9.17) is 12.2 Å². The van der Waals surface area contributed by atoms with E-state index >= 15 is 0 Å². The van der Waals surface area contributed by atoms with E-state index in [1.54, 1.807) is 0 Å². The molecule has 0 amide bonds. The minimum absolute atomic E-state index is 0.0307. The second-order valence-electron chi connectivity index (χ2n) is 5.39. The molecular formula is C13H16F2N2S. The van der Waals surface area contributed by atoms with Gasteiger partial charge >= 0.3 is 0 Å². The Balaban J connectivity index is 1.94. The summed E-state index contributed by atoms with van der Waals surface area (Å²) in [6.45, 7) is 0. The zero-order chi connectivity index (χ0) is 12.8. The summed E-state index contributed by atoms with van der Waals surface area (Å²) >= 11 is 5.30. The molecule has 1 saturated carbocycles. The maximum absolute atomic E-state index is 13.3. The lowest BCUT2D eigenvalue weighted by molar-refractivity contribution is 0.00753. The van der Waals surface area contributed by atoms with Crippen molar-refractivity contribution in [3.63, 3.8) is 0 Å². The fourth-order valence-electron chi connectivity index (χ4n) is 3.02. The van der Waals surface area contributed by atoms with Crippen LogP contribution in [0.1, 0.15) is 55.1 Å². The summed E-state index contributed by atoms with van der Waals surface area (Å²) in [5.74, 6) is -2.01. The van der Waals surface area contributed by atoms with Gasteiger partial charge < -0.3 is 4.98 Å². The van der Waals surface area contributed by atoms with Gasteiger partial charge in [0.1, 0.15) is 10.5 Å². The van der Waals surface area contributed by atoms with Gasteiger partial charge in [-0.1, -0.05) is 12.2 Å². The molecule has 0 saturated heterocycles. The van der Waals surface area contributed by atoms with E-state index < -0.39 is 5.92 Å². The number of aromatic amines is 1. The Kier molecular flexibility index (Phi) is 2.96. The van der Waals surface area contributed by atoms with Crippen LogP contribution >= 0.6 is 12.2 Å². The molecule has 2 nitrogen and oxygen atoms in total. The molecule has 1 unspecified atom stereocenters. The van der Waals surface area contributed by atoms with Crippen LogP contribution in [0.3, 0.4) is 0 Å². The Morgan fingerprint density at radius 2 is 2.06 bits per heavy atom. The minimum Gasteiger partial charge on any atom is -0.347 e. The molecule has 1 aromatic rings. The van der Waals surface area contributed by atoms with Crippen molar-refractivity contribution >= 4 is 12.2 Å². The lowest BCUT2D eigenvalue weighted by atomic mass is 9.97. The molecule has 0 aliphatic heterocycles. The van der Waals surface area contributed by atoms with E-state index in [1.807, 2.05) is 0 Å². The smallest absolute Gasteiger partial charge is 0.248 e. The number of rotatable bonds is 1. The van der Waals surface area contributed by atoms with Gasteiger partial charge in [-0.2, -0.15) is 0 Å². The molecule has 18 heavy (non-hydrogen) atoms. The molecule has 1 N–H and O–H groups in total. The van der Waals surface area contributed by atoms with Crippen molar-refractivity contribution < 1.29 is 8.78 Å². The predicted molar refractivity (Wildman–Crippen MR) is 67.6 cm³/mol. The molecule has 98 valence electrons. The van der Waals surface area contributed by atoms with Crippen LogP contribution in [0.5, 0.6) is 0 Å². The first-order chi connectivity index (χ1) is 8.55. The first-order valence-electron chi connectivity index (χ1n) is 6.55. The SMILES string of the molecule is FC1(F)CCC(c2nc(=S)c3c([nH]2)CCCC3)C1. The van der Waals surface area contributed by atoms with Crippen LogP contribution in [0.2, 0.25) is 0 Å². The van der Waals surface area contributed by atoms with Gasteiger partial charge in [0.15, 0.2) is 0 Å². The summed E-state index contributed by atoms with van der Waals surface area (Å²) < 4.78 is 27.1. The number of fused-ring (bicyclic) bond motifs is 1. The van der Waals surface area contributed by atoms with Crippen LogP contribution in [0.15, 0.2) is 0 Å². The number of aromatic nitrogens is 2. The van der Waals surface area contributed by atoms with Gasteiger partial charge in [0.2, 0.25) is 5.92 Å². The third-order valence-electron chi connectivity index (χ3n) is 4.02. The number of halogens is 2. The average molecular weight is 270 g/mol. The molecule has 0 aromatic carbocycles. The van der Waals surface area contributed by atoms with Crippen LogP contribution in [-0.2, 0) is 12.8 Å². The second kappa shape index (κ2) is 4.37. The highest BCUT2D eigenvalue weighted by Gasteiger charge is 2.41. The Labute approximate surface area is 110 Å². The van der Waals surface area contributed by atoms with Crippen molar-refractivity contribution in [1.29, 1.82) is 0 Å². The van der Waals surface area contributed by atoms with Crippen molar-refractivity contribution in [1.82, 2.24) is 9.97 Å². The highest BCUT2D eigenvalue weighted by molar-refractivity contribution is 7.71. The molecule has 3 rings (SSSR count). The summed E-state index contributed by atoms with van der Waals surface area (Å²) in [4.78, 5) is 7.63. The number of aryl methyl sites for hydroxylation is 1. The highest BCUT2D eigenvalue weighted by atomic mass is 32.1. The van der Waals surface area contributed by atoms with Crippen LogP contribution < -0.4 is 0 Å². The Morgan fingerprint density at radius 3 is 2.78 bits per heavy atom. The van der Waals surface area contributed by atoms with Crippen molar-refractivity contribution in [3.8, 4) is 0 Å². The second-order valence-corrected chi connectivity index (χ2v) is 5.77. The molecule has 1 fully saturated rings. The van der Waals surface area contributed by atoms with Gasteiger partial charge in [0.05, 0.1) is 0 Å². The third kappa shape index (κ3) is 2.20. The van der Waals surface area contributed by atoms with E-state index in [9.17, 15) is 8.78 Å². The molecular weight excluding hydrogens is 254 g/mol. The summed E-state index contributed by atoms with van der Waals surface area (Å²) in [5.41, 5.74) is 2.26. The predicted octanol–water partition coefficient (Wildman–Crippen LogP) is 3.92. The van der Waals surface area contributed by atoms with Crippen molar-refractivity contribution in [2.75, 3.05) is 0 Å². The van der Waals surface area contributed by atoms with Crippen LogP contribution in [-0.4, -0.2) is 15.9 Å². The Morgan fingerprint density at radius 1 is 1.28 bits per heavy atom. The zero-order valence-electron chi connectivity index (χ0n) is 10.1. The maximum atomic E-state index is 13.3. The van der Waals surface area contributed by atoms with Crippen LogP contribution in [0, 0.1) is 4.64 Å². The summed E-state index contributed by atoms with van der Waals surface area (Å²) in [5, 5.41) is 0. The van der Waals surface area contributed by atoms with Crippen LogP contribution in [0.25, 0.3) is 0 Å². The molecule has 0 bridgehead atoms. The topological polar surface area (TPSA) is 28.7 Å². The van der Waals surface area contributed by atoms with Crippen molar-refractivity contribution in [3.05, 3.63) is 21.7 Å². The van der Waals surface area contributed by atoms with Gasteiger partial charge in [-0.15, -0.1) is 0 Å². The van der Waals surface area contributed by atoms with Gasteiger partial charge in [0, 0.05) is 30.0 Å². The lowest BCUT2D eigenvalue weighted by Gasteiger charge is -2.18. The number of nitrogens with zero attached hydrogens (tertiary/aromatic N) is 1. The van der Waals surface area contributed by atoms with Gasteiger partial charge in [-0.25, -0.2) is 13.8 Å². The minimum atomic E-state index is -2.53. The number of H-pyrrole nitrogens is 1. The summed E-state index contributed by atoms with van der Waals surface area (Å²) in [7, 11) is 0. The third-order valence-corrected chi connectivity index (χ3v) is 4.35. The van der Waals surface area contributed by atoms with E-state index in [-0.39, 0.29) is 18.8 Å². The fourth-order valence-corrected chi connectivity index (χ4v) is 3.34. The number of hydrogen-bond acceptors (Lipinski definition) is 2. The first kappa shape index (κ1) is 12.2.